The first kappa shape index (κ1) is 20.5. The van der Waals surface area contributed by atoms with E-state index in [0.717, 1.165) is 5.56 Å². The number of piperazine rings is 1. The van der Waals surface area contributed by atoms with Crippen LogP contribution in [-0.2, 0) is 20.9 Å². The number of benzene rings is 1. The highest BCUT2D eigenvalue weighted by Crippen LogP contribution is 2.18. The van der Waals surface area contributed by atoms with Crippen LogP contribution in [0.1, 0.15) is 32.8 Å². The third-order valence-corrected chi connectivity index (χ3v) is 3.98. The largest absolute Gasteiger partial charge is 0.481 e. The van der Waals surface area contributed by atoms with E-state index in [1.807, 2.05) is 30.3 Å². The number of carbonyl (C=O) groups is 3. The minimum Gasteiger partial charge on any atom is -0.481 e. The molecule has 2 amide bonds. The van der Waals surface area contributed by atoms with Crippen molar-refractivity contribution < 1.29 is 29.0 Å². The van der Waals surface area contributed by atoms with E-state index in [9.17, 15) is 19.5 Å². The van der Waals surface area contributed by atoms with Gasteiger partial charge in [-0.05, 0) is 26.3 Å². The van der Waals surface area contributed by atoms with E-state index in [0.29, 0.717) is 0 Å². The van der Waals surface area contributed by atoms with Crippen molar-refractivity contribution in [3.05, 3.63) is 35.9 Å². The molecule has 1 N–H and O–H groups in total. The van der Waals surface area contributed by atoms with Gasteiger partial charge in [0, 0.05) is 19.6 Å². The molecule has 1 atom stereocenters. The first-order valence-corrected chi connectivity index (χ1v) is 8.83. The third kappa shape index (κ3) is 6.47. The quantitative estimate of drug-likeness (QED) is 0.865. The molecule has 1 aromatic carbocycles. The Balaban J connectivity index is 2.00. The normalized spacial score (nSPS) is 17.4. The van der Waals surface area contributed by atoms with Crippen molar-refractivity contribution in [3.8, 4) is 0 Å². The predicted molar refractivity (Wildman–Crippen MR) is 97.2 cm³/mol. The Hall–Kier alpha value is -2.77. The van der Waals surface area contributed by atoms with Crippen molar-refractivity contribution in [1.29, 1.82) is 0 Å². The van der Waals surface area contributed by atoms with Crippen LogP contribution in [0.25, 0.3) is 0 Å². The molecule has 0 spiro atoms. The minimum atomic E-state index is -1.05. The van der Waals surface area contributed by atoms with Crippen LogP contribution in [-0.4, -0.2) is 64.3 Å². The van der Waals surface area contributed by atoms with Crippen molar-refractivity contribution in [2.24, 2.45) is 0 Å². The molecule has 8 heteroatoms. The number of nitrogens with zero attached hydrogens (tertiary/aromatic N) is 2. The lowest BCUT2D eigenvalue weighted by atomic mass is 10.1. The van der Waals surface area contributed by atoms with Crippen LogP contribution in [0.4, 0.5) is 9.59 Å². The van der Waals surface area contributed by atoms with Crippen molar-refractivity contribution in [1.82, 2.24) is 9.80 Å². The van der Waals surface area contributed by atoms with Gasteiger partial charge in [-0.1, -0.05) is 30.3 Å². The van der Waals surface area contributed by atoms with E-state index in [-0.39, 0.29) is 32.7 Å². The van der Waals surface area contributed by atoms with Gasteiger partial charge in [-0.3, -0.25) is 4.79 Å². The van der Waals surface area contributed by atoms with Crippen molar-refractivity contribution in [2.75, 3.05) is 19.6 Å². The Morgan fingerprint density at radius 2 is 1.78 bits per heavy atom. The van der Waals surface area contributed by atoms with Crippen LogP contribution in [0.5, 0.6) is 0 Å². The average Bonchev–Trinajstić information content (AvgIpc) is 2.58. The van der Waals surface area contributed by atoms with Crippen LogP contribution in [0.2, 0.25) is 0 Å². The van der Waals surface area contributed by atoms with Gasteiger partial charge in [0.25, 0.3) is 0 Å². The van der Waals surface area contributed by atoms with Gasteiger partial charge in [-0.15, -0.1) is 0 Å². The highest BCUT2D eigenvalue weighted by Gasteiger charge is 2.36. The highest BCUT2D eigenvalue weighted by molar-refractivity contribution is 5.73. The molecular formula is C19H26N2O6. The summed E-state index contributed by atoms with van der Waals surface area (Å²) in [5, 5.41) is 9.17. The van der Waals surface area contributed by atoms with E-state index >= 15 is 0 Å². The molecule has 1 heterocycles. The fourth-order valence-electron chi connectivity index (χ4n) is 2.77. The molecule has 1 aliphatic rings. The maximum atomic E-state index is 12.4. The number of carboxylic acid groups (broad SMARTS) is 1. The summed E-state index contributed by atoms with van der Waals surface area (Å²) in [6.45, 7) is 5.91. The molecule has 1 saturated heterocycles. The Labute approximate surface area is 158 Å². The number of carbonyl (C=O) groups excluding carboxylic acids is 2. The topological polar surface area (TPSA) is 96.4 Å². The molecule has 0 saturated carbocycles. The van der Waals surface area contributed by atoms with E-state index in [1.165, 1.54) is 9.80 Å². The molecule has 1 aromatic rings. The molecule has 148 valence electrons. The molecule has 2 rings (SSSR count). The fourth-order valence-corrected chi connectivity index (χ4v) is 2.77. The standard InChI is InChI=1S/C19H26N2O6/c1-19(2,3)27-17(24)20-9-10-21(15(12-20)11-16(22)23)18(25)26-13-14-7-5-4-6-8-14/h4-8,15H,9-13H2,1-3H3,(H,22,23). The van der Waals surface area contributed by atoms with Crippen LogP contribution >= 0.6 is 0 Å². The fraction of sp³-hybridized carbons (Fsp3) is 0.526. The first-order valence-electron chi connectivity index (χ1n) is 8.83. The number of amides is 2. The number of hydrogen-bond donors (Lipinski definition) is 1. The summed E-state index contributed by atoms with van der Waals surface area (Å²) in [6, 6.07) is 8.55. The Bertz CT molecular complexity index is 671. The van der Waals surface area contributed by atoms with Gasteiger partial charge in [0.15, 0.2) is 0 Å². The van der Waals surface area contributed by atoms with Gasteiger partial charge in [-0.2, -0.15) is 0 Å². The number of rotatable bonds is 4. The number of aliphatic carboxylic acids is 1. The van der Waals surface area contributed by atoms with E-state index in [2.05, 4.69) is 0 Å². The Morgan fingerprint density at radius 1 is 1.11 bits per heavy atom. The number of carboxylic acids is 1. The zero-order valence-corrected chi connectivity index (χ0v) is 15.9. The molecule has 8 nitrogen and oxygen atoms in total. The lowest BCUT2D eigenvalue weighted by molar-refractivity contribution is -0.138. The van der Waals surface area contributed by atoms with Crippen LogP contribution < -0.4 is 0 Å². The van der Waals surface area contributed by atoms with Gasteiger partial charge >= 0.3 is 18.2 Å². The van der Waals surface area contributed by atoms with Crippen LogP contribution in [0.3, 0.4) is 0 Å². The van der Waals surface area contributed by atoms with Gasteiger partial charge in [-0.25, -0.2) is 9.59 Å². The summed E-state index contributed by atoms with van der Waals surface area (Å²) in [4.78, 5) is 38.7. The summed E-state index contributed by atoms with van der Waals surface area (Å²) >= 11 is 0. The molecular weight excluding hydrogens is 352 g/mol. The van der Waals surface area contributed by atoms with Gasteiger partial charge in [0.05, 0.1) is 12.5 Å². The molecule has 27 heavy (non-hydrogen) atoms. The maximum absolute atomic E-state index is 12.4. The molecule has 1 fully saturated rings. The molecule has 1 aliphatic heterocycles. The van der Waals surface area contributed by atoms with E-state index in [4.69, 9.17) is 9.47 Å². The van der Waals surface area contributed by atoms with Crippen LogP contribution in [0.15, 0.2) is 30.3 Å². The lowest BCUT2D eigenvalue weighted by Crippen LogP contribution is -2.57. The summed E-state index contributed by atoms with van der Waals surface area (Å²) < 4.78 is 10.7. The summed E-state index contributed by atoms with van der Waals surface area (Å²) in [5.41, 5.74) is 0.193. The van der Waals surface area contributed by atoms with E-state index < -0.39 is 29.8 Å². The first-order chi connectivity index (χ1) is 12.7. The summed E-state index contributed by atoms with van der Waals surface area (Å²) in [5.74, 6) is -1.05. The molecule has 0 aliphatic carbocycles. The second-order valence-electron chi connectivity index (χ2n) is 7.41. The van der Waals surface area contributed by atoms with Crippen molar-refractivity contribution in [2.45, 2.75) is 45.4 Å². The Kier molecular flexibility index (Phi) is 6.65. The molecule has 0 radical (unpaired) electrons. The Morgan fingerprint density at radius 3 is 2.37 bits per heavy atom. The second-order valence-corrected chi connectivity index (χ2v) is 7.41. The SMILES string of the molecule is CC(C)(C)OC(=O)N1CCN(C(=O)OCc2ccccc2)C(CC(=O)O)C1. The van der Waals surface area contributed by atoms with Gasteiger partial charge < -0.3 is 24.4 Å². The smallest absolute Gasteiger partial charge is 0.410 e. The maximum Gasteiger partial charge on any atom is 0.410 e. The monoisotopic (exact) mass is 378 g/mol. The predicted octanol–water partition coefficient (Wildman–Crippen LogP) is 2.72. The number of hydrogen-bond acceptors (Lipinski definition) is 5. The average molecular weight is 378 g/mol. The van der Waals surface area contributed by atoms with Crippen molar-refractivity contribution in [3.63, 3.8) is 0 Å². The van der Waals surface area contributed by atoms with Gasteiger partial charge in [0.1, 0.15) is 12.2 Å². The van der Waals surface area contributed by atoms with Crippen molar-refractivity contribution >= 4 is 18.2 Å². The minimum absolute atomic E-state index is 0.0850. The van der Waals surface area contributed by atoms with Gasteiger partial charge in [0.2, 0.25) is 0 Å². The number of ether oxygens (including phenoxy) is 2. The summed E-state index contributed by atoms with van der Waals surface area (Å²) in [6.07, 6.45) is -1.39. The molecule has 1 unspecified atom stereocenters. The second kappa shape index (κ2) is 8.75. The molecule has 0 bridgehead atoms. The molecule has 0 aromatic heterocycles. The lowest BCUT2D eigenvalue weighted by Gasteiger charge is -2.40. The zero-order chi connectivity index (χ0) is 20.0. The third-order valence-electron chi connectivity index (χ3n) is 3.98. The van der Waals surface area contributed by atoms with E-state index in [1.54, 1.807) is 20.8 Å². The highest BCUT2D eigenvalue weighted by atomic mass is 16.6. The summed E-state index contributed by atoms with van der Waals surface area (Å²) in [7, 11) is 0. The zero-order valence-electron chi connectivity index (χ0n) is 15.9. The van der Waals surface area contributed by atoms with Crippen LogP contribution in [0, 0.1) is 0 Å².